The molecule has 2 N–H and O–H groups in total. The van der Waals surface area contributed by atoms with Gasteiger partial charge in [-0.1, -0.05) is 12.1 Å². The molecule has 0 spiro atoms. The van der Waals surface area contributed by atoms with Crippen LogP contribution in [0.15, 0.2) is 41.3 Å². The van der Waals surface area contributed by atoms with Gasteiger partial charge in [-0.15, -0.1) is 0 Å². The van der Waals surface area contributed by atoms with Crippen molar-refractivity contribution in [3.8, 4) is 5.75 Å². The Morgan fingerprint density at radius 2 is 1.86 bits per heavy atom. The lowest BCUT2D eigenvalue weighted by atomic mass is 9.90. The zero-order valence-electron chi connectivity index (χ0n) is 17.1. The molecule has 0 radical (unpaired) electrons. The smallest absolute Gasteiger partial charge is 0.306 e. The van der Waals surface area contributed by atoms with Crippen LogP contribution in [0.5, 0.6) is 5.75 Å². The highest BCUT2D eigenvalue weighted by atomic mass is 16.5. The van der Waals surface area contributed by atoms with Crippen molar-refractivity contribution in [1.29, 1.82) is 0 Å². The second-order valence-corrected chi connectivity index (χ2v) is 7.12. The number of hydrogen-bond acceptors (Lipinski definition) is 5. The molecule has 0 aliphatic rings. The lowest BCUT2D eigenvalue weighted by Gasteiger charge is -2.19. The van der Waals surface area contributed by atoms with Crippen LogP contribution in [0, 0.1) is 0 Å². The Balaban J connectivity index is 2.03. The molecule has 1 atom stereocenters. The number of carbonyl (C=O) groups excluding carboxylic acids is 1. The number of esters is 1. The van der Waals surface area contributed by atoms with Crippen molar-refractivity contribution < 1.29 is 14.3 Å². The molecule has 0 fully saturated rings. The number of methoxy groups -OCH3 is 2. The van der Waals surface area contributed by atoms with Gasteiger partial charge in [-0.3, -0.25) is 19.4 Å². The molecule has 1 unspecified atom stereocenters. The summed E-state index contributed by atoms with van der Waals surface area (Å²) >= 11 is 0. The van der Waals surface area contributed by atoms with Crippen LogP contribution in [0.4, 0.5) is 0 Å². The maximum atomic E-state index is 12.7. The third-order valence-electron chi connectivity index (χ3n) is 4.93. The standard InChI is InChI=1S/C21H26N4O4/c1-13(2)25-18(9-10-22-25)16(12-19(26)29-4)20-17(23-24-21(20)27)11-14-5-7-15(28-3)8-6-14/h5-10,13,16H,11-12H2,1-4H3,(H2,23,24,27). The molecule has 2 heterocycles. The van der Waals surface area contributed by atoms with E-state index in [2.05, 4.69) is 15.3 Å². The van der Waals surface area contributed by atoms with Crippen LogP contribution in [0.1, 0.15) is 54.7 Å². The van der Waals surface area contributed by atoms with Crippen LogP contribution in [-0.4, -0.2) is 40.2 Å². The topological polar surface area (TPSA) is 102 Å². The van der Waals surface area contributed by atoms with Crippen molar-refractivity contribution >= 4 is 5.97 Å². The number of hydrogen-bond donors (Lipinski definition) is 2. The predicted octanol–water partition coefficient (Wildman–Crippen LogP) is 2.77. The number of carbonyl (C=O) groups is 1. The van der Waals surface area contributed by atoms with Gasteiger partial charge in [0.15, 0.2) is 0 Å². The third-order valence-corrected chi connectivity index (χ3v) is 4.93. The summed E-state index contributed by atoms with van der Waals surface area (Å²) in [4.78, 5) is 24.9. The molecule has 0 amide bonds. The van der Waals surface area contributed by atoms with E-state index in [1.165, 1.54) is 7.11 Å². The highest BCUT2D eigenvalue weighted by molar-refractivity contribution is 5.71. The van der Waals surface area contributed by atoms with Crippen molar-refractivity contribution in [3.63, 3.8) is 0 Å². The number of H-pyrrole nitrogens is 2. The first kappa shape index (κ1) is 20.4. The summed E-state index contributed by atoms with van der Waals surface area (Å²) in [7, 11) is 2.96. The maximum absolute atomic E-state index is 12.7. The van der Waals surface area contributed by atoms with Crippen LogP contribution in [0.2, 0.25) is 0 Å². The Bertz CT molecular complexity index is 1010. The molecule has 29 heavy (non-hydrogen) atoms. The summed E-state index contributed by atoms with van der Waals surface area (Å²) in [5.41, 5.74) is 2.81. The summed E-state index contributed by atoms with van der Waals surface area (Å²) in [5.74, 6) is -0.0981. The van der Waals surface area contributed by atoms with E-state index in [4.69, 9.17) is 9.47 Å². The van der Waals surface area contributed by atoms with E-state index < -0.39 is 5.92 Å². The number of nitrogens with zero attached hydrogens (tertiary/aromatic N) is 2. The fourth-order valence-corrected chi connectivity index (χ4v) is 3.50. The minimum atomic E-state index is -0.476. The molecule has 0 saturated carbocycles. The van der Waals surface area contributed by atoms with Crippen molar-refractivity contribution in [2.45, 2.75) is 38.6 Å². The fourth-order valence-electron chi connectivity index (χ4n) is 3.50. The number of ether oxygens (including phenoxy) is 2. The molecule has 3 aromatic rings. The Labute approximate surface area is 168 Å². The summed E-state index contributed by atoms with van der Waals surface area (Å²) in [6.45, 7) is 4.01. The van der Waals surface area contributed by atoms with E-state index in [0.717, 1.165) is 22.7 Å². The molecule has 8 heteroatoms. The molecule has 1 aromatic carbocycles. The van der Waals surface area contributed by atoms with E-state index in [-0.39, 0.29) is 24.0 Å². The van der Waals surface area contributed by atoms with Crippen molar-refractivity contribution in [3.05, 3.63) is 69.4 Å². The van der Waals surface area contributed by atoms with Gasteiger partial charge >= 0.3 is 5.97 Å². The molecule has 0 bridgehead atoms. The van der Waals surface area contributed by atoms with Gasteiger partial charge in [0.25, 0.3) is 5.56 Å². The van der Waals surface area contributed by atoms with Crippen LogP contribution < -0.4 is 10.3 Å². The SMILES string of the molecule is COC(=O)CC(c1c(Cc2ccc(OC)cc2)[nH][nH]c1=O)c1ccnn1C(C)C. The van der Waals surface area contributed by atoms with Gasteiger partial charge in [0.1, 0.15) is 5.75 Å². The average Bonchev–Trinajstić information content (AvgIpc) is 3.34. The molecule has 3 rings (SSSR count). The van der Waals surface area contributed by atoms with Crippen molar-refractivity contribution in [1.82, 2.24) is 20.0 Å². The Hall–Kier alpha value is -3.29. The van der Waals surface area contributed by atoms with Gasteiger partial charge in [0.05, 0.1) is 20.6 Å². The highest BCUT2D eigenvalue weighted by Crippen LogP contribution is 2.30. The van der Waals surface area contributed by atoms with Gasteiger partial charge in [0.2, 0.25) is 0 Å². The van der Waals surface area contributed by atoms with Crippen LogP contribution in [0.3, 0.4) is 0 Å². The van der Waals surface area contributed by atoms with E-state index in [1.54, 1.807) is 13.3 Å². The molecular weight excluding hydrogens is 372 g/mol. The van der Waals surface area contributed by atoms with E-state index in [1.807, 2.05) is 48.9 Å². The maximum Gasteiger partial charge on any atom is 0.306 e. The second-order valence-electron chi connectivity index (χ2n) is 7.12. The van der Waals surface area contributed by atoms with Crippen molar-refractivity contribution in [2.75, 3.05) is 14.2 Å². The summed E-state index contributed by atoms with van der Waals surface area (Å²) in [6.07, 6.45) is 2.24. The van der Waals surface area contributed by atoms with Gasteiger partial charge < -0.3 is 14.6 Å². The summed E-state index contributed by atoms with van der Waals surface area (Å²) < 4.78 is 11.9. The van der Waals surface area contributed by atoms with Crippen LogP contribution >= 0.6 is 0 Å². The Morgan fingerprint density at radius 3 is 2.48 bits per heavy atom. The first-order valence-corrected chi connectivity index (χ1v) is 9.47. The zero-order chi connectivity index (χ0) is 21.0. The van der Waals surface area contributed by atoms with Gasteiger partial charge in [-0.25, -0.2) is 0 Å². The second kappa shape index (κ2) is 8.81. The summed E-state index contributed by atoms with van der Waals surface area (Å²) in [5, 5.41) is 10.0. The molecule has 0 aliphatic carbocycles. The van der Waals surface area contributed by atoms with E-state index >= 15 is 0 Å². The Morgan fingerprint density at radius 1 is 1.14 bits per heavy atom. The fraction of sp³-hybridized carbons (Fsp3) is 0.381. The normalized spacial score (nSPS) is 12.2. The van der Waals surface area contributed by atoms with E-state index in [9.17, 15) is 9.59 Å². The minimum absolute atomic E-state index is 0.0471. The number of nitrogens with one attached hydrogen (secondary N) is 2. The molecule has 2 aromatic heterocycles. The largest absolute Gasteiger partial charge is 0.497 e. The van der Waals surface area contributed by atoms with Crippen molar-refractivity contribution in [2.24, 2.45) is 0 Å². The first-order valence-electron chi connectivity index (χ1n) is 9.47. The number of aromatic nitrogens is 4. The first-order chi connectivity index (χ1) is 13.9. The number of benzene rings is 1. The third kappa shape index (κ3) is 4.42. The molecule has 154 valence electrons. The van der Waals surface area contributed by atoms with E-state index in [0.29, 0.717) is 12.0 Å². The lowest BCUT2D eigenvalue weighted by Crippen LogP contribution is -2.21. The molecule has 0 saturated heterocycles. The predicted molar refractivity (Wildman–Crippen MR) is 108 cm³/mol. The van der Waals surface area contributed by atoms with Gasteiger partial charge in [0, 0.05) is 41.5 Å². The highest BCUT2D eigenvalue weighted by Gasteiger charge is 2.29. The lowest BCUT2D eigenvalue weighted by molar-refractivity contribution is -0.140. The Kier molecular flexibility index (Phi) is 6.21. The van der Waals surface area contributed by atoms with Gasteiger partial charge in [-0.05, 0) is 37.6 Å². The zero-order valence-corrected chi connectivity index (χ0v) is 17.1. The number of aromatic amines is 2. The van der Waals surface area contributed by atoms with Gasteiger partial charge in [-0.2, -0.15) is 5.10 Å². The minimum Gasteiger partial charge on any atom is -0.497 e. The average molecular weight is 398 g/mol. The summed E-state index contributed by atoms with van der Waals surface area (Å²) in [6, 6.07) is 9.57. The number of rotatable bonds is 8. The van der Waals surface area contributed by atoms with Crippen LogP contribution in [0.25, 0.3) is 0 Å². The molecule has 0 aliphatic heterocycles. The quantitative estimate of drug-likeness (QED) is 0.568. The monoisotopic (exact) mass is 398 g/mol. The molecule has 8 nitrogen and oxygen atoms in total. The van der Waals surface area contributed by atoms with Crippen LogP contribution in [-0.2, 0) is 16.0 Å². The molecular formula is C21H26N4O4.